The first kappa shape index (κ1) is 20.2. The lowest BCUT2D eigenvalue weighted by Crippen LogP contribution is -1.91. The van der Waals surface area contributed by atoms with Crippen molar-refractivity contribution in [1.82, 2.24) is 9.97 Å². The second kappa shape index (κ2) is 13.3. The highest BCUT2D eigenvalue weighted by Gasteiger charge is 1.88. The summed E-state index contributed by atoms with van der Waals surface area (Å²) < 4.78 is 4.17. The second-order valence-electron chi connectivity index (χ2n) is 2.96. The number of carbonyl (C=O) groups is 3. The Bertz CT molecular complexity index is 475. The lowest BCUT2D eigenvalue weighted by Gasteiger charge is -1.83. The van der Waals surface area contributed by atoms with Crippen LogP contribution in [0.5, 0.6) is 0 Å². The molecule has 0 saturated carbocycles. The lowest BCUT2D eigenvalue weighted by atomic mass is 10.5. The molecule has 21 heavy (non-hydrogen) atoms. The Morgan fingerprint density at radius 3 is 1.90 bits per heavy atom. The third-order valence-electron chi connectivity index (χ3n) is 1.33. The van der Waals surface area contributed by atoms with Crippen LogP contribution in [0, 0.1) is 0 Å². The fourth-order valence-corrected chi connectivity index (χ4v) is 0.649. The van der Waals surface area contributed by atoms with E-state index in [1.54, 1.807) is 18.5 Å². The van der Waals surface area contributed by atoms with Gasteiger partial charge in [-0.3, -0.25) is 4.79 Å². The smallest absolute Gasteiger partial charge is 0.328 e. The van der Waals surface area contributed by atoms with Gasteiger partial charge < -0.3 is 19.9 Å². The number of aromatic nitrogens is 2. The minimum Gasteiger partial charge on any atom is -0.478 e. The largest absolute Gasteiger partial charge is 0.478 e. The molecular formula is C13H16N2O6. The van der Waals surface area contributed by atoms with Gasteiger partial charge >= 0.3 is 17.9 Å². The molecule has 0 fully saturated rings. The number of aromatic amines is 1. The molecule has 0 aliphatic rings. The molecule has 1 heterocycles. The van der Waals surface area contributed by atoms with Gasteiger partial charge in [0.15, 0.2) is 0 Å². The minimum atomic E-state index is -1.26. The highest BCUT2D eigenvalue weighted by Crippen LogP contribution is 1.86. The topological polar surface area (TPSA) is 130 Å². The number of carbonyl (C=O) groups excluding carboxylic acids is 1. The van der Waals surface area contributed by atoms with Crippen LogP contribution >= 0.6 is 0 Å². The molecular weight excluding hydrogens is 280 g/mol. The average Bonchev–Trinajstić information content (AvgIpc) is 2.91. The van der Waals surface area contributed by atoms with E-state index >= 15 is 0 Å². The first-order valence-electron chi connectivity index (χ1n) is 5.37. The zero-order chi connectivity index (χ0) is 16.7. The molecule has 1 rings (SSSR count). The fourth-order valence-electron chi connectivity index (χ4n) is 0.649. The first-order chi connectivity index (χ1) is 9.83. The fraction of sp³-hybridized carbons (Fsp3) is 0.0769. The summed E-state index contributed by atoms with van der Waals surface area (Å²) in [7, 11) is 0. The van der Waals surface area contributed by atoms with Crippen molar-refractivity contribution in [2.75, 3.05) is 0 Å². The van der Waals surface area contributed by atoms with Gasteiger partial charge in [0.05, 0.1) is 6.26 Å². The number of nitrogens with zero attached hydrogens (tertiary/aromatic N) is 1. The summed E-state index contributed by atoms with van der Waals surface area (Å²) in [6.07, 6.45) is 7.33. The Hall–Kier alpha value is -3.16. The summed E-state index contributed by atoms with van der Waals surface area (Å²) in [6, 6.07) is 0. The quantitative estimate of drug-likeness (QED) is 0.435. The zero-order valence-electron chi connectivity index (χ0n) is 11.4. The third-order valence-corrected chi connectivity index (χ3v) is 1.33. The molecule has 0 aliphatic heterocycles. The summed E-state index contributed by atoms with van der Waals surface area (Å²) in [5.41, 5.74) is 0. The summed E-state index contributed by atoms with van der Waals surface area (Å²) in [5, 5.41) is 15.6. The van der Waals surface area contributed by atoms with Crippen LogP contribution in [-0.2, 0) is 19.1 Å². The van der Waals surface area contributed by atoms with E-state index in [-0.39, 0.29) is 5.97 Å². The van der Waals surface area contributed by atoms with Crippen molar-refractivity contribution in [3.05, 3.63) is 49.8 Å². The van der Waals surface area contributed by atoms with Gasteiger partial charge in [0.25, 0.3) is 0 Å². The van der Waals surface area contributed by atoms with E-state index in [2.05, 4.69) is 27.9 Å². The van der Waals surface area contributed by atoms with E-state index < -0.39 is 11.9 Å². The number of carboxylic acid groups (broad SMARTS) is 2. The molecule has 0 aromatic carbocycles. The molecule has 0 atom stereocenters. The molecule has 0 amide bonds. The Kier molecular flexibility index (Phi) is 12.7. The molecule has 0 unspecified atom stereocenters. The highest BCUT2D eigenvalue weighted by atomic mass is 16.5. The molecule has 0 bridgehead atoms. The summed E-state index contributed by atoms with van der Waals surface area (Å²) >= 11 is 0. The number of ether oxygens (including phenoxy) is 1. The van der Waals surface area contributed by atoms with Crippen molar-refractivity contribution in [2.24, 2.45) is 0 Å². The van der Waals surface area contributed by atoms with Crippen molar-refractivity contribution in [1.29, 1.82) is 0 Å². The van der Waals surface area contributed by atoms with Crippen LogP contribution in [-0.4, -0.2) is 38.1 Å². The number of esters is 1. The molecule has 3 N–H and O–H groups in total. The van der Waals surface area contributed by atoms with Crippen molar-refractivity contribution in [2.45, 2.75) is 6.92 Å². The third kappa shape index (κ3) is 19.4. The molecule has 0 saturated heterocycles. The minimum absolute atomic E-state index is 0.329. The maximum atomic E-state index is 9.75. The second-order valence-corrected chi connectivity index (χ2v) is 2.96. The van der Waals surface area contributed by atoms with E-state index in [0.29, 0.717) is 12.2 Å². The van der Waals surface area contributed by atoms with Gasteiger partial charge in [0.2, 0.25) is 0 Å². The van der Waals surface area contributed by atoms with Gasteiger partial charge in [0.1, 0.15) is 5.82 Å². The number of aliphatic carboxylic acids is 2. The van der Waals surface area contributed by atoms with E-state index in [4.69, 9.17) is 10.2 Å². The van der Waals surface area contributed by atoms with Gasteiger partial charge in [-0.15, -0.1) is 0 Å². The van der Waals surface area contributed by atoms with Crippen LogP contribution in [0.1, 0.15) is 12.7 Å². The lowest BCUT2D eigenvalue weighted by molar-refractivity contribution is -0.135. The van der Waals surface area contributed by atoms with Crippen LogP contribution < -0.4 is 0 Å². The molecule has 0 spiro atoms. The Morgan fingerprint density at radius 1 is 1.24 bits per heavy atom. The average molecular weight is 296 g/mol. The molecule has 0 radical (unpaired) electrons. The maximum absolute atomic E-state index is 9.75. The number of imidazole rings is 1. The predicted octanol–water partition coefficient (Wildman–Crippen LogP) is 1.46. The normalized spacial score (nSPS) is 8.43. The van der Waals surface area contributed by atoms with Crippen molar-refractivity contribution >= 4 is 24.0 Å². The summed E-state index contributed by atoms with van der Waals surface area (Å²) in [6.45, 7) is 7.99. The van der Waals surface area contributed by atoms with Crippen LogP contribution in [0.3, 0.4) is 0 Å². The van der Waals surface area contributed by atoms with Crippen molar-refractivity contribution in [3.8, 4) is 0 Å². The van der Waals surface area contributed by atoms with Crippen molar-refractivity contribution in [3.63, 3.8) is 0 Å². The molecule has 8 nitrogen and oxygen atoms in total. The van der Waals surface area contributed by atoms with Gasteiger partial charge in [0, 0.05) is 31.5 Å². The molecule has 114 valence electrons. The number of carboxylic acids is 2. The van der Waals surface area contributed by atoms with Crippen LogP contribution in [0.4, 0.5) is 0 Å². The molecule has 0 aliphatic carbocycles. The Labute approximate surface area is 121 Å². The van der Waals surface area contributed by atoms with Gasteiger partial charge in [-0.1, -0.05) is 13.2 Å². The number of nitrogens with one attached hydrogen (secondary N) is 1. The molecule has 1 aromatic rings. The SMILES string of the molecule is C=COC(C)=O.C=Cc1ncc[nH]1.O=C(O)/C=C/C(=O)O. The zero-order valence-corrected chi connectivity index (χ0v) is 11.4. The van der Waals surface area contributed by atoms with E-state index in [9.17, 15) is 14.4 Å². The van der Waals surface area contributed by atoms with Crippen molar-refractivity contribution < 1.29 is 29.3 Å². The Morgan fingerprint density at radius 2 is 1.76 bits per heavy atom. The van der Waals surface area contributed by atoms with E-state index in [0.717, 1.165) is 12.1 Å². The maximum Gasteiger partial charge on any atom is 0.328 e. The Balaban J connectivity index is 0. The number of H-pyrrole nitrogens is 1. The standard InChI is InChI=1S/C5H6N2.C4H4O4.C4H6O2/c1-2-5-6-3-4-7-5;5-3(6)1-2-4(7)8;1-3-6-4(2)5/h2-4H,1H2,(H,6,7);1-2H,(H,5,6)(H,7,8);3H,1H2,2H3/b;2-1+;. The van der Waals surface area contributed by atoms with E-state index in [1.807, 2.05) is 0 Å². The monoisotopic (exact) mass is 296 g/mol. The van der Waals surface area contributed by atoms with Crippen LogP contribution in [0.15, 0.2) is 44.0 Å². The number of rotatable bonds is 4. The first-order valence-corrected chi connectivity index (χ1v) is 5.37. The van der Waals surface area contributed by atoms with Gasteiger partial charge in [-0.2, -0.15) is 0 Å². The molecule has 8 heteroatoms. The predicted molar refractivity (Wildman–Crippen MR) is 75.1 cm³/mol. The van der Waals surface area contributed by atoms with Gasteiger partial charge in [-0.05, 0) is 6.08 Å². The van der Waals surface area contributed by atoms with E-state index in [1.165, 1.54) is 6.92 Å². The summed E-state index contributed by atoms with van der Waals surface area (Å²) in [5.74, 6) is -2.02. The summed E-state index contributed by atoms with van der Waals surface area (Å²) in [4.78, 5) is 35.6. The van der Waals surface area contributed by atoms with Crippen LogP contribution in [0.25, 0.3) is 6.08 Å². The highest BCUT2D eigenvalue weighted by molar-refractivity contribution is 5.89. The molecule has 1 aromatic heterocycles. The van der Waals surface area contributed by atoms with Gasteiger partial charge in [-0.25, -0.2) is 14.6 Å². The number of hydrogen-bond acceptors (Lipinski definition) is 5. The van der Waals surface area contributed by atoms with Crippen LogP contribution in [0.2, 0.25) is 0 Å². The number of hydrogen-bond donors (Lipinski definition) is 3.